The number of para-hydroxylation sites is 6. The van der Waals surface area contributed by atoms with Crippen molar-refractivity contribution in [2.75, 3.05) is 0 Å². The van der Waals surface area contributed by atoms with Crippen molar-refractivity contribution < 1.29 is 0 Å². The molecule has 0 saturated carbocycles. The average Bonchev–Trinajstić information content (AvgIpc) is 4.24. The molecular formula is C69H41N5. The molecule has 0 aliphatic carbocycles. The molecule has 0 bridgehead atoms. The quantitative estimate of drug-likeness (QED) is 0.170. The largest absolute Gasteiger partial charge is 0.306 e. The van der Waals surface area contributed by atoms with Crippen molar-refractivity contribution in [3.8, 4) is 39.9 Å². The minimum absolute atomic E-state index is 0.546. The van der Waals surface area contributed by atoms with E-state index in [9.17, 15) is 5.26 Å². The standard InChI is InChI=1S/C69H41N5/c70-42-56-66(73-61-36-18-12-30-52(61)54-40-38-43-20-4-6-24-46(43)64(54)73)68(71-57-32-14-8-26-48(57)49-27-9-15-33-58(49)71)63(45-22-2-1-3-23-45)69(72-59-34-16-10-28-50(59)51-29-11-17-35-60(51)72)67(56)74-62-37-19-13-31-53(62)55-41-39-44-21-5-7-25-47(44)65(55)74/h1-41H. The fourth-order valence-corrected chi connectivity index (χ4v) is 12.8. The molecule has 0 N–H and O–H groups in total. The van der Waals surface area contributed by atoms with Gasteiger partial charge in [-0.2, -0.15) is 5.26 Å². The summed E-state index contributed by atoms with van der Waals surface area (Å²) in [6, 6.07) is 93.0. The van der Waals surface area contributed by atoms with Crippen molar-refractivity contribution in [1.29, 1.82) is 5.26 Å². The van der Waals surface area contributed by atoms with E-state index in [0.717, 1.165) is 143 Å². The molecule has 4 heterocycles. The molecule has 0 fully saturated rings. The first-order valence-electron chi connectivity index (χ1n) is 25.3. The second-order valence-corrected chi connectivity index (χ2v) is 19.4. The molecule has 0 aliphatic rings. The first-order chi connectivity index (χ1) is 36.8. The zero-order valence-electron chi connectivity index (χ0n) is 39.9. The van der Waals surface area contributed by atoms with Crippen LogP contribution in [0.3, 0.4) is 0 Å². The van der Waals surface area contributed by atoms with Crippen LogP contribution in [0, 0.1) is 11.3 Å². The Bertz CT molecular complexity index is 4690. The fraction of sp³-hybridized carbons (Fsp3) is 0. The first-order valence-corrected chi connectivity index (χ1v) is 25.3. The molecular weight excluding hydrogens is 899 g/mol. The molecule has 4 aromatic heterocycles. The van der Waals surface area contributed by atoms with E-state index in [1.807, 2.05) is 0 Å². The van der Waals surface area contributed by atoms with Crippen LogP contribution in [-0.4, -0.2) is 18.3 Å². The van der Waals surface area contributed by atoms with E-state index in [0.29, 0.717) is 5.56 Å². The molecule has 5 nitrogen and oxygen atoms in total. The Morgan fingerprint density at radius 2 is 0.541 bits per heavy atom. The van der Waals surface area contributed by atoms with Crippen molar-refractivity contribution in [1.82, 2.24) is 18.3 Å². The van der Waals surface area contributed by atoms with E-state index in [1.54, 1.807) is 0 Å². The van der Waals surface area contributed by atoms with E-state index in [-0.39, 0.29) is 0 Å². The Labute approximate surface area is 424 Å². The Hall–Kier alpha value is -10.2. The van der Waals surface area contributed by atoms with Gasteiger partial charge < -0.3 is 18.3 Å². The fourth-order valence-electron chi connectivity index (χ4n) is 12.8. The number of fused-ring (bicyclic) bond motifs is 16. The highest BCUT2D eigenvalue weighted by molar-refractivity contribution is 6.22. The SMILES string of the molecule is N#Cc1c(-n2c3ccccc3c3ccc4ccccc4c32)c(-n2c3ccccc3c3ccccc32)c(-c2ccccc2)c(-n2c3ccccc3c3ccccc32)c1-n1c2ccccc2c2ccc3ccccc3c21. The minimum Gasteiger partial charge on any atom is -0.306 e. The summed E-state index contributed by atoms with van der Waals surface area (Å²) in [4.78, 5) is 0. The van der Waals surface area contributed by atoms with Gasteiger partial charge in [0.25, 0.3) is 0 Å². The maximum Gasteiger partial charge on any atom is 0.104 e. The van der Waals surface area contributed by atoms with Crippen LogP contribution >= 0.6 is 0 Å². The molecule has 74 heavy (non-hydrogen) atoms. The average molecular weight is 940 g/mol. The maximum absolute atomic E-state index is 13.0. The molecule has 0 saturated heterocycles. The van der Waals surface area contributed by atoms with Crippen LogP contribution in [0.4, 0.5) is 0 Å². The maximum atomic E-state index is 13.0. The second kappa shape index (κ2) is 15.4. The molecule has 0 radical (unpaired) electrons. The topological polar surface area (TPSA) is 43.5 Å². The number of hydrogen-bond donors (Lipinski definition) is 0. The van der Waals surface area contributed by atoms with E-state index in [2.05, 4.69) is 273 Å². The Kier molecular flexibility index (Phi) is 8.46. The van der Waals surface area contributed by atoms with Gasteiger partial charge in [0.05, 0.1) is 66.9 Å². The zero-order valence-corrected chi connectivity index (χ0v) is 39.9. The summed E-state index contributed by atoms with van der Waals surface area (Å²) in [7, 11) is 0. The van der Waals surface area contributed by atoms with Gasteiger partial charge in [-0.15, -0.1) is 0 Å². The third-order valence-corrected chi connectivity index (χ3v) is 15.7. The van der Waals surface area contributed by atoms with Gasteiger partial charge in [0.2, 0.25) is 0 Å². The summed E-state index contributed by atoms with van der Waals surface area (Å²) in [5.41, 5.74) is 14.3. The van der Waals surface area contributed by atoms with Crippen LogP contribution in [0.5, 0.6) is 0 Å². The van der Waals surface area contributed by atoms with Gasteiger partial charge in [0.15, 0.2) is 0 Å². The van der Waals surface area contributed by atoms with E-state index >= 15 is 0 Å². The second-order valence-electron chi connectivity index (χ2n) is 19.4. The van der Waals surface area contributed by atoms with Gasteiger partial charge in [-0.05, 0) is 52.7 Å². The smallest absolute Gasteiger partial charge is 0.104 e. The first kappa shape index (κ1) is 40.6. The summed E-state index contributed by atoms with van der Waals surface area (Å²) in [6.45, 7) is 0. The molecule has 0 atom stereocenters. The van der Waals surface area contributed by atoms with Crippen molar-refractivity contribution >= 4 is 109 Å². The van der Waals surface area contributed by atoms with E-state index < -0.39 is 0 Å². The number of rotatable bonds is 5. The van der Waals surface area contributed by atoms with Crippen LogP contribution in [0.1, 0.15) is 5.56 Å². The molecule has 0 amide bonds. The van der Waals surface area contributed by atoms with E-state index in [4.69, 9.17) is 0 Å². The number of aromatic nitrogens is 4. The van der Waals surface area contributed by atoms with Gasteiger partial charge in [-0.25, -0.2) is 0 Å². The summed E-state index contributed by atoms with van der Waals surface area (Å²) in [5, 5.41) is 26.4. The predicted molar refractivity (Wildman–Crippen MR) is 309 cm³/mol. The van der Waals surface area contributed by atoms with Gasteiger partial charge in [0, 0.05) is 59.4 Å². The monoisotopic (exact) mass is 939 g/mol. The third kappa shape index (κ3) is 5.40. The number of nitriles is 1. The summed E-state index contributed by atoms with van der Waals surface area (Å²) < 4.78 is 9.83. The highest BCUT2D eigenvalue weighted by Crippen LogP contribution is 2.52. The van der Waals surface area contributed by atoms with Crippen molar-refractivity contribution in [3.63, 3.8) is 0 Å². The lowest BCUT2D eigenvalue weighted by Gasteiger charge is -2.29. The van der Waals surface area contributed by atoms with Crippen molar-refractivity contribution in [3.05, 3.63) is 254 Å². The van der Waals surface area contributed by atoms with Crippen LogP contribution in [0.15, 0.2) is 249 Å². The van der Waals surface area contributed by atoms with Crippen LogP contribution in [0.25, 0.3) is 143 Å². The molecule has 0 spiro atoms. The molecule has 0 aliphatic heterocycles. The van der Waals surface area contributed by atoms with E-state index in [1.165, 1.54) is 0 Å². The molecule has 0 unspecified atom stereocenters. The van der Waals surface area contributed by atoms with Crippen LogP contribution in [-0.2, 0) is 0 Å². The lowest BCUT2D eigenvalue weighted by Crippen LogP contribution is -2.16. The summed E-state index contributed by atoms with van der Waals surface area (Å²) >= 11 is 0. The van der Waals surface area contributed by atoms with Gasteiger partial charge in [-0.3, -0.25) is 0 Å². The Morgan fingerprint density at radius 1 is 0.243 bits per heavy atom. The lowest BCUT2D eigenvalue weighted by atomic mass is 9.93. The normalized spacial score (nSPS) is 12.0. The van der Waals surface area contributed by atoms with Crippen LogP contribution < -0.4 is 0 Å². The highest BCUT2D eigenvalue weighted by Gasteiger charge is 2.35. The van der Waals surface area contributed by atoms with Crippen molar-refractivity contribution in [2.45, 2.75) is 0 Å². The van der Waals surface area contributed by atoms with Crippen LogP contribution in [0.2, 0.25) is 0 Å². The highest BCUT2D eigenvalue weighted by atomic mass is 15.1. The van der Waals surface area contributed by atoms with Gasteiger partial charge in [-0.1, -0.05) is 212 Å². The molecule has 12 aromatic carbocycles. The number of benzene rings is 12. The Balaban J connectivity index is 1.29. The van der Waals surface area contributed by atoms with Crippen molar-refractivity contribution in [2.24, 2.45) is 0 Å². The molecule has 342 valence electrons. The molecule has 5 heteroatoms. The van der Waals surface area contributed by atoms with Gasteiger partial charge >= 0.3 is 0 Å². The molecule has 16 aromatic rings. The zero-order chi connectivity index (χ0) is 48.6. The third-order valence-electron chi connectivity index (χ3n) is 15.7. The summed E-state index contributed by atoms with van der Waals surface area (Å²) in [5.74, 6) is 0. The molecule has 16 rings (SSSR count). The van der Waals surface area contributed by atoms with Gasteiger partial charge in [0.1, 0.15) is 11.6 Å². The predicted octanol–water partition coefficient (Wildman–Crippen LogP) is 17.9. The lowest BCUT2D eigenvalue weighted by molar-refractivity contribution is 1.04. The minimum atomic E-state index is 0.546. The number of nitrogens with zero attached hydrogens (tertiary/aromatic N) is 5. The summed E-state index contributed by atoms with van der Waals surface area (Å²) in [6.07, 6.45) is 0. The Morgan fingerprint density at radius 3 is 0.905 bits per heavy atom. The number of hydrogen-bond acceptors (Lipinski definition) is 1.